The van der Waals surface area contributed by atoms with Crippen molar-refractivity contribution in [2.24, 2.45) is 10.9 Å². The quantitative estimate of drug-likeness (QED) is 0.466. The Balaban J connectivity index is 1.67. The molecule has 1 fully saturated rings. The van der Waals surface area contributed by atoms with Crippen molar-refractivity contribution in [1.29, 1.82) is 0 Å². The molecule has 1 aliphatic heterocycles. The average molecular weight is 430 g/mol. The first-order valence-corrected chi connectivity index (χ1v) is 10.3. The van der Waals surface area contributed by atoms with E-state index in [1.54, 1.807) is 19.2 Å². The van der Waals surface area contributed by atoms with E-state index >= 15 is 0 Å². The predicted molar refractivity (Wildman–Crippen MR) is 113 cm³/mol. The van der Waals surface area contributed by atoms with Gasteiger partial charge < -0.3 is 25.2 Å². The molecule has 0 saturated carbocycles. The van der Waals surface area contributed by atoms with Crippen LogP contribution in [0.3, 0.4) is 0 Å². The maximum atomic E-state index is 12.1. The summed E-state index contributed by atoms with van der Waals surface area (Å²) in [7, 11) is 3.90. The monoisotopic (exact) mass is 429 g/mol. The zero-order valence-electron chi connectivity index (χ0n) is 18.1. The number of hydrogen-bond donors (Lipinski definition) is 2. The molecule has 0 amide bonds. The highest BCUT2D eigenvalue weighted by molar-refractivity contribution is 5.79. The van der Waals surface area contributed by atoms with Crippen molar-refractivity contribution in [2.75, 3.05) is 60.0 Å². The second-order valence-electron chi connectivity index (χ2n) is 7.94. The van der Waals surface area contributed by atoms with E-state index in [1.807, 2.05) is 12.1 Å². The number of alkyl halides is 3. The van der Waals surface area contributed by atoms with Crippen molar-refractivity contribution < 1.29 is 17.9 Å². The van der Waals surface area contributed by atoms with Gasteiger partial charge in [-0.15, -0.1) is 0 Å². The van der Waals surface area contributed by atoms with Crippen molar-refractivity contribution in [1.82, 2.24) is 20.4 Å². The Hall–Kier alpha value is -1.84. The van der Waals surface area contributed by atoms with E-state index < -0.39 is 12.8 Å². The van der Waals surface area contributed by atoms with E-state index in [4.69, 9.17) is 0 Å². The lowest BCUT2D eigenvalue weighted by atomic mass is 10.1. The molecule has 2 rings (SSSR count). The van der Waals surface area contributed by atoms with Gasteiger partial charge in [-0.3, -0.25) is 4.99 Å². The van der Waals surface area contributed by atoms with Crippen LogP contribution in [0, 0.1) is 5.92 Å². The number of nitrogens with one attached hydrogen (secondary N) is 2. The Morgan fingerprint density at radius 3 is 2.33 bits per heavy atom. The summed E-state index contributed by atoms with van der Waals surface area (Å²) >= 11 is 0. The maximum absolute atomic E-state index is 12.1. The molecule has 0 aliphatic carbocycles. The Morgan fingerprint density at radius 2 is 1.73 bits per heavy atom. The van der Waals surface area contributed by atoms with Gasteiger partial charge in [0.05, 0.1) is 6.61 Å². The molecule has 1 aromatic rings. The van der Waals surface area contributed by atoms with Gasteiger partial charge in [0.1, 0.15) is 6.61 Å². The fourth-order valence-corrected chi connectivity index (χ4v) is 3.25. The average Bonchev–Trinajstić information content (AvgIpc) is 2.70. The molecule has 1 atom stereocenters. The molecule has 30 heavy (non-hydrogen) atoms. The number of guanidine groups is 1. The SMILES string of the molecule is CN=C(NCc1ccc(COCC(F)(F)F)cc1)NCC(C)CN1CCN(C)CC1. The number of aliphatic imine (C=N–C) groups is 1. The molecule has 0 spiro atoms. The van der Waals surface area contributed by atoms with Crippen LogP contribution in [0.1, 0.15) is 18.1 Å². The van der Waals surface area contributed by atoms with Gasteiger partial charge in [-0.25, -0.2) is 0 Å². The Morgan fingerprint density at radius 1 is 1.10 bits per heavy atom. The number of rotatable bonds is 9. The molecule has 6 nitrogen and oxygen atoms in total. The van der Waals surface area contributed by atoms with Crippen molar-refractivity contribution >= 4 is 5.96 Å². The lowest BCUT2D eigenvalue weighted by molar-refractivity contribution is -0.176. The molecule has 1 unspecified atom stereocenters. The van der Waals surface area contributed by atoms with Gasteiger partial charge in [0.25, 0.3) is 0 Å². The summed E-state index contributed by atoms with van der Waals surface area (Å²) in [6.45, 7) is 7.90. The van der Waals surface area contributed by atoms with Crippen LogP contribution in [0.4, 0.5) is 13.2 Å². The highest BCUT2D eigenvalue weighted by Crippen LogP contribution is 2.15. The third kappa shape index (κ3) is 9.77. The summed E-state index contributed by atoms with van der Waals surface area (Å²) in [5.41, 5.74) is 1.73. The largest absolute Gasteiger partial charge is 0.411 e. The molecule has 1 aliphatic rings. The minimum atomic E-state index is -4.30. The molecule has 0 radical (unpaired) electrons. The van der Waals surface area contributed by atoms with Gasteiger partial charge in [-0.05, 0) is 24.1 Å². The molecule has 1 aromatic carbocycles. The summed E-state index contributed by atoms with van der Waals surface area (Å²) in [5, 5.41) is 6.64. The summed E-state index contributed by atoms with van der Waals surface area (Å²) in [5.74, 6) is 1.24. The number of nitrogens with zero attached hydrogens (tertiary/aromatic N) is 3. The standard InChI is InChI=1S/C21H34F3N5O/c1-17(14-29-10-8-28(3)9-11-29)12-26-20(25-2)27-13-18-4-6-19(7-5-18)15-30-16-21(22,23)24/h4-7,17H,8-16H2,1-3H3,(H2,25,26,27). The number of ether oxygens (including phenoxy) is 1. The van der Waals surface area contributed by atoms with Crippen molar-refractivity contribution in [3.05, 3.63) is 35.4 Å². The number of piperazine rings is 1. The molecule has 1 heterocycles. The third-order valence-corrected chi connectivity index (χ3v) is 5.02. The molecule has 1 saturated heterocycles. The molecule has 0 aromatic heterocycles. The van der Waals surface area contributed by atoms with Crippen molar-refractivity contribution in [3.63, 3.8) is 0 Å². The molecule has 9 heteroatoms. The molecular weight excluding hydrogens is 395 g/mol. The van der Waals surface area contributed by atoms with Crippen LogP contribution in [0.2, 0.25) is 0 Å². The van der Waals surface area contributed by atoms with Crippen LogP contribution in [0.15, 0.2) is 29.3 Å². The molecule has 2 N–H and O–H groups in total. The second-order valence-corrected chi connectivity index (χ2v) is 7.94. The third-order valence-electron chi connectivity index (χ3n) is 5.02. The summed E-state index contributed by atoms with van der Waals surface area (Å²) in [6, 6.07) is 7.31. The van der Waals surface area contributed by atoms with Crippen LogP contribution in [0.5, 0.6) is 0 Å². The van der Waals surface area contributed by atoms with E-state index in [0.29, 0.717) is 18.0 Å². The smallest absolute Gasteiger partial charge is 0.367 e. The number of hydrogen-bond acceptors (Lipinski definition) is 4. The first kappa shape index (κ1) is 24.4. The van der Waals surface area contributed by atoms with E-state index in [0.717, 1.165) is 50.8 Å². The zero-order chi connectivity index (χ0) is 22.0. The summed E-state index contributed by atoms with van der Waals surface area (Å²) in [4.78, 5) is 9.12. The van der Waals surface area contributed by atoms with Crippen LogP contribution >= 0.6 is 0 Å². The molecular formula is C21H34F3N5O. The van der Waals surface area contributed by atoms with Gasteiger partial charge >= 0.3 is 6.18 Å². The van der Waals surface area contributed by atoms with E-state index in [9.17, 15) is 13.2 Å². The second kappa shape index (κ2) is 12.1. The lowest BCUT2D eigenvalue weighted by Gasteiger charge is -2.34. The summed E-state index contributed by atoms with van der Waals surface area (Å²) < 4.78 is 41.0. The Bertz CT molecular complexity index is 643. The zero-order valence-corrected chi connectivity index (χ0v) is 18.1. The van der Waals surface area contributed by atoms with E-state index in [1.165, 1.54) is 0 Å². The van der Waals surface area contributed by atoms with Crippen LogP contribution in [0.25, 0.3) is 0 Å². The highest BCUT2D eigenvalue weighted by atomic mass is 19.4. The maximum Gasteiger partial charge on any atom is 0.411 e. The first-order valence-electron chi connectivity index (χ1n) is 10.3. The molecule has 0 bridgehead atoms. The van der Waals surface area contributed by atoms with E-state index in [2.05, 4.69) is 44.1 Å². The van der Waals surface area contributed by atoms with Crippen molar-refractivity contribution in [3.8, 4) is 0 Å². The van der Waals surface area contributed by atoms with Gasteiger partial charge in [-0.2, -0.15) is 13.2 Å². The lowest BCUT2D eigenvalue weighted by Crippen LogP contribution is -2.47. The van der Waals surface area contributed by atoms with Crippen LogP contribution < -0.4 is 10.6 Å². The fraction of sp³-hybridized carbons (Fsp3) is 0.667. The number of halogens is 3. The summed E-state index contributed by atoms with van der Waals surface area (Å²) in [6.07, 6.45) is -4.30. The van der Waals surface area contributed by atoms with Crippen LogP contribution in [-0.2, 0) is 17.9 Å². The van der Waals surface area contributed by atoms with Crippen molar-refractivity contribution in [2.45, 2.75) is 26.3 Å². The first-order chi connectivity index (χ1) is 14.2. The Labute approximate surface area is 177 Å². The van der Waals surface area contributed by atoms with Crippen LogP contribution in [-0.4, -0.2) is 81.9 Å². The topological polar surface area (TPSA) is 52.1 Å². The minimum Gasteiger partial charge on any atom is -0.367 e. The highest BCUT2D eigenvalue weighted by Gasteiger charge is 2.27. The van der Waals surface area contributed by atoms with E-state index in [-0.39, 0.29) is 6.61 Å². The minimum absolute atomic E-state index is 0.0539. The Kier molecular flexibility index (Phi) is 9.87. The van der Waals surface area contributed by atoms with Gasteiger partial charge in [0.2, 0.25) is 0 Å². The fourth-order valence-electron chi connectivity index (χ4n) is 3.25. The van der Waals surface area contributed by atoms with Gasteiger partial charge in [-0.1, -0.05) is 31.2 Å². The van der Waals surface area contributed by atoms with Gasteiger partial charge in [0, 0.05) is 52.9 Å². The number of likely N-dealkylation sites (N-methyl/N-ethyl adjacent to an activating group) is 1. The molecule has 170 valence electrons. The predicted octanol–water partition coefficient (Wildman–Crippen LogP) is 2.31. The normalized spacial score (nSPS) is 17.7. The van der Waals surface area contributed by atoms with Gasteiger partial charge in [0.15, 0.2) is 5.96 Å². The number of benzene rings is 1.